The predicted octanol–water partition coefficient (Wildman–Crippen LogP) is 3.35. The quantitative estimate of drug-likeness (QED) is 0.594. The van der Waals surface area contributed by atoms with Crippen LogP contribution in [0, 0.1) is 5.92 Å². The number of halogens is 4. The van der Waals surface area contributed by atoms with Crippen LogP contribution in [-0.4, -0.2) is 10.8 Å². The molecular formula is C10H7ClF3NO. The van der Waals surface area contributed by atoms with Crippen LogP contribution >= 0.6 is 11.6 Å². The summed E-state index contributed by atoms with van der Waals surface area (Å²) < 4.78 is 36.8. The number of hydrogen-bond acceptors (Lipinski definition) is 2. The summed E-state index contributed by atoms with van der Waals surface area (Å²) in [6, 6.07) is 1.88. The maximum atomic E-state index is 12.3. The highest BCUT2D eigenvalue weighted by atomic mass is 35.5. The molecule has 1 fully saturated rings. The molecule has 1 aromatic heterocycles. The molecule has 1 aliphatic carbocycles. The van der Waals surface area contributed by atoms with Gasteiger partial charge >= 0.3 is 6.18 Å². The van der Waals surface area contributed by atoms with E-state index in [0.717, 1.165) is 25.0 Å². The van der Waals surface area contributed by atoms with Gasteiger partial charge in [0.25, 0.3) is 0 Å². The molecular weight excluding hydrogens is 243 g/mol. The lowest BCUT2D eigenvalue weighted by molar-refractivity contribution is -0.141. The number of pyridine rings is 1. The first kappa shape index (κ1) is 11.4. The van der Waals surface area contributed by atoms with E-state index >= 15 is 0 Å². The number of hydrogen-bond donors (Lipinski definition) is 0. The third-order valence-corrected chi connectivity index (χ3v) is 2.64. The first-order chi connectivity index (χ1) is 7.39. The second-order valence-electron chi connectivity index (χ2n) is 3.67. The van der Waals surface area contributed by atoms with E-state index in [1.165, 1.54) is 0 Å². The molecule has 6 heteroatoms. The number of carbonyl (C=O) groups excluding carboxylic acids is 1. The molecule has 0 radical (unpaired) electrons. The second kappa shape index (κ2) is 3.73. The standard InChI is InChI=1S/C10H7ClF3NO/c11-9-6(8(16)5-1-2-5)3-4-7(15-9)10(12,13)14/h3-5H,1-2H2. The summed E-state index contributed by atoms with van der Waals surface area (Å²) in [6.45, 7) is 0. The van der Waals surface area contributed by atoms with Gasteiger partial charge in [0.2, 0.25) is 0 Å². The van der Waals surface area contributed by atoms with Crippen molar-refractivity contribution in [1.29, 1.82) is 0 Å². The van der Waals surface area contributed by atoms with Crippen molar-refractivity contribution >= 4 is 17.4 Å². The van der Waals surface area contributed by atoms with Crippen molar-refractivity contribution in [1.82, 2.24) is 4.98 Å². The van der Waals surface area contributed by atoms with Crippen LogP contribution < -0.4 is 0 Å². The van der Waals surface area contributed by atoms with Gasteiger partial charge in [0, 0.05) is 5.92 Å². The minimum absolute atomic E-state index is 0.0807. The second-order valence-corrected chi connectivity index (χ2v) is 4.03. The number of Topliss-reactive ketones (excluding diaryl/α,β-unsaturated/α-hetero) is 1. The van der Waals surface area contributed by atoms with Gasteiger partial charge in [-0.25, -0.2) is 4.98 Å². The number of nitrogens with zero attached hydrogens (tertiary/aromatic N) is 1. The van der Waals surface area contributed by atoms with Gasteiger partial charge in [-0.2, -0.15) is 13.2 Å². The van der Waals surface area contributed by atoms with Crippen molar-refractivity contribution in [3.05, 3.63) is 28.5 Å². The maximum absolute atomic E-state index is 12.3. The Bertz CT molecular complexity index is 440. The van der Waals surface area contributed by atoms with E-state index < -0.39 is 11.9 Å². The van der Waals surface area contributed by atoms with Gasteiger partial charge in [0.15, 0.2) is 5.78 Å². The monoisotopic (exact) mass is 249 g/mol. The van der Waals surface area contributed by atoms with E-state index in [1.54, 1.807) is 0 Å². The fourth-order valence-corrected chi connectivity index (χ4v) is 1.59. The highest BCUT2D eigenvalue weighted by molar-refractivity contribution is 6.33. The topological polar surface area (TPSA) is 30.0 Å². The fourth-order valence-electron chi connectivity index (χ4n) is 1.34. The first-order valence-corrected chi connectivity index (χ1v) is 5.05. The third-order valence-electron chi connectivity index (χ3n) is 2.35. The summed E-state index contributed by atoms with van der Waals surface area (Å²) in [7, 11) is 0. The largest absolute Gasteiger partial charge is 0.433 e. The zero-order valence-electron chi connectivity index (χ0n) is 8.01. The molecule has 0 aliphatic heterocycles. The number of rotatable bonds is 2. The smallest absolute Gasteiger partial charge is 0.294 e. The molecule has 2 rings (SSSR count). The summed E-state index contributed by atoms with van der Waals surface area (Å²) >= 11 is 5.57. The van der Waals surface area contributed by atoms with Crippen molar-refractivity contribution in [2.45, 2.75) is 19.0 Å². The van der Waals surface area contributed by atoms with Crippen LogP contribution in [-0.2, 0) is 6.18 Å². The Labute approximate surface area is 94.4 Å². The third kappa shape index (κ3) is 2.19. The average molecular weight is 250 g/mol. The summed E-state index contributed by atoms with van der Waals surface area (Å²) in [6.07, 6.45) is -2.99. The molecule has 0 spiro atoms. The molecule has 1 aliphatic rings. The van der Waals surface area contributed by atoms with E-state index in [2.05, 4.69) is 4.98 Å². The molecule has 0 unspecified atom stereocenters. The van der Waals surface area contributed by atoms with E-state index in [4.69, 9.17) is 11.6 Å². The van der Waals surface area contributed by atoms with Gasteiger partial charge in [0.1, 0.15) is 10.8 Å². The van der Waals surface area contributed by atoms with E-state index in [-0.39, 0.29) is 22.4 Å². The van der Waals surface area contributed by atoms with Gasteiger partial charge in [-0.05, 0) is 25.0 Å². The minimum atomic E-state index is -4.54. The Hall–Kier alpha value is -1.10. The van der Waals surface area contributed by atoms with Gasteiger partial charge < -0.3 is 0 Å². The molecule has 2 nitrogen and oxygen atoms in total. The molecule has 1 heterocycles. The van der Waals surface area contributed by atoms with Crippen LogP contribution in [0.15, 0.2) is 12.1 Å². The van der Waals surface area contributed by atoms with Crippen LogP contribution in [0.5, 0.6) is 0 Å². The zero-order chi connectivity index (χ0) is 11.9. The van der Waals surface area contributed by atoms with Crippen LogP contribution in [0.1, 0.15) is 28.9 Å². The van der Waals surface area contributed by atoms with E-state index in [0.29, 0.717) is 0 Å². The lowest BCUT2D eigenvalue weighted by Crippen LogP contribution is -2.11. The van der Waals surface area contributed by atoms with Gasteiger partial charge in [0.05, 0.1) is 5.56 Å². The first-order valence-electron chi connectivity index (χ1n) is 4.67. The molecule has 0 bridgehead atoms. The van der Waals surface area contributed by atoms with E-state index in [9.17, 15) is 18.0 Å². The molecule has 0 aromatic carbocycles. The lowest BCUT2D eigenvalue weighted by Gasteiger charge is -2.07. The molecule has 0 atom stereocenters. The number of ketones is 1. The Morgan fingerprint density at radius 1 is 1.38 bits per heavy atom. The predicted molar refractivity (Wildman–Crippen MR) is 51.3 cm³/mol. The molecule has 0 amide bonds. The molecule has 86 valence electrons. The maximum Gasteiger partial charge on any atom is 0.433 e. The SMILES string of the molecule is O=C(c1ccc(C(F)(F)F)nc1Cl)C1CC1. The van der Waals surface area contributed by atoms with Crippen molar-refractivity contribution in [2.24, 2.45) is 5.92 Å². The Morgan fingerprint density at radius 2 is 2.00 bits per heavy atom. The van der Waals surface area contributed by atoms with Crippen molar-refractivity contribution in [2.75, 3.05) is 0 Å². The normalized spacial score (nSPS) is 16.2. The van der Waals surface area contributed by atoms with Gasteiger partial charge in [-0.1, -0.05) is 11.6 Å². The van der Waals surface area contributed by atoms with Crippen LogP contribution in [0.4, 0.5) is 13.2 Å². The van der Waals surface area contributed by atoms with Gasteiger partial charge in [-0.15, -0.1) is 0 Å². The number of alkyl halides is 3. The Balaban J connectivity index is 2.33. The number of carbonyl (C=O) groups is 1. The summed E-state index contributed by atoms with van der Waals surface area (Å²) in [5, 5.41) is -0.369. The summed E-state index contributed by atoms with van der Waals surface area (Å²) in [5.74, 6) is -0.303. The molecule has 0 saturated heterocycles. The van der Waals surface area contributed by atoms with Crippen molar-refractivity contribution in [3.63, 3.8) is 0 Å². The molecule has 1 aromatic rings. The van der Waals surface area contributed by atoms with Crippen LogP contribution in [0.2, 0.25) is 5.15 Å². The molecule has 0 N–H and O–H groups in total. The highest BCUT2D eigenvalue weighted by Crippen LogP contribution is 2.35. The Kier molecular flexibility index (Phi) is 2.66. The van der Waals surface area contributed by atoms with E-state index in [1.807, 2.05) is 0 Å². The molecule has 16 heavy (non-hydrogen) atoms. The molecule has 1 saturated carbocycles. The average Bonchev–Trinajstić information content (AvgIpc) is 2.98. The van der Waals surface area contributed by atoms with Crippen molar-refractivity contribution < 1.29 is 18.0 Å². The number of aromatic nitrogens is 1. The fraction of sp³-hybridized carbons (Fsp3) is 0.400. The van der Waals surface area contributed by atoms with Gasteiger partial charge in [-0.3, -0.25) is 4.79 Å². The minimum Gasteiger partial charge on any atom is -0.294 e. The summed E-state index contributed by atoms with van der Waals surface area (Å²) in [4.78, 5) is 14.8. The summed E-state index contributed by atoms with van der Waals surface area (Å²) in [5.41, 5.74) is -0.998. The lowest BCUT2D eigenvalue weighted by atomic mass is 10.1. The highest BCUT2D eigenvalue weighted by Gasteiger charge is 2.35. The van der Waals surface area contributed by atoms with Crippen LogP contribution in [0.3, 0.4) is 0 Å². The van der Waals surface area contributed by atoms with Crippen molar-refractivity contribution in [3.8, 4) is 0 Å². The van der Waals surface area contributed by atoms with Crippen LogP contribution in [0.25, 0.3) is 0 Å². The Morgan fingerprint density at radius 3 is 2.44 bits per heavy atom. The zero-order valence-corrected chi connectivity index (χ0v) is 8.77.